The highest BCUT2D eigenvalue weighted by molar-refractivity contribution is 9.10. The van der Waals surface area contributed by atoms with E-state index in [1.54, 1.807) is 14.2 Å². The maximum atomic E-state index is 8.70. The molecule has 0 aliphatic carbocycles. The standard InChI is InChI=1S/C10H14BrNO3/c1-6-4-7(5-12-13)10(15-3)8(11)9(6)14-2/h4,12-13H,5H2,1-3H3. The minimum Gasteiger partial charge on any atom is -0.495 e. The van der Waals surface area contributed by atoms with Crippen molar-refractivity contribution in [1.29, 1.82) is 0 Å². The second kappa shape index (κ2) is 5.34. The summed E-state index contributed by atoms with van der Waals surface area (Å²) < 4.78 is 11.3. The number of ether oxygens (including phenoxy) is 2. The first kappa shape index (κ1) is 12.3. The normalized spacial score (nSPS) is 10.2. The van der Waals surface area contributed by atoms with Gasteiger partial charge in [-0.2, -0.15) is 0 Å². The predicted molar refractivity (Wildman–Crippen MR) is 60.6 cm³/mol. The van der Waals surface area contributed by atoms with Gasteiger partial charge in [-0.05, 0) is 34.5 Å². The van der Waals surface area contributed by atoms with Crippen LogP contribution in [0.25, 0.3) is 0 Å². The van der Waals surface area contributed by atoms with Crippen molar-refractivity contribution in [3.8, 4) is 11.5 Å². The summed E-state index contributed by atoms with van der Waals surface area (Å²) in [5, 5.41) is 8.70. The Bertz CT molecular complexity index is 355. The molecular weight excluding hydrogens is 262 g/mol. The third-order valence-corrected chi connectivity index (χ3v) is 2.84. The molecule has 2 N–H and O–H groups in total. The van der Waals surface area contributed by atoms with Crippen molar-refractivity contribution in [2.75, 3.05) is 14.2 Å². The summed E-state index contributed by atoms with van der Waals surface area (Å²) in [6, 6.07) is 1.91. The van der Waals surface area contributed by atoms with Gasteiger partial charge in [0.1, 0.15) is 16.0 Å². The van der Waals surface area contributed by atoms with E-state index in [0.29, 0.717) is 12.3 Å². The lowest BCUT2D eigenvalue weighted by Gasteiger charge is -2.15. The second-order valence-corrected chi connectivity index (χ2v) is 3.86. The van der Waals surface area contributed by atoms with Gasteiger partial charge in [0, 0.05) is 12.1 Å². The van der Waals surface area contributed by atoms with Crippen LogP contribution in [-0.4, -0.2) is 19.4 Å². The van der Waals surface area contributed by atoms with Crippen LogP contribution in [0.15, 0.2) is 10.5 Å². The fourth-order valence-electron chi connectivity index (χ4n) is 1.50. The van der Waals surface area contributed by atoms with Gasteiger partial charge in [-0.3, -0.25) is 0 Å². The molecule has 5 heteroatoms. The first-order valence-corrected chi connectivity index (χ1v) is 5.21. The van der Waals surface area contributed by atoms with Gasteiger partial charge in [-0.1, -0.05) is 0 Å². The molecule has 0 bridgehead atoms. The first-order valence-electron chi connectivity index (χ1n) is 4.42. The molecule has 0 heterocycles. The highest BCUT2D eigenvalue weighted by Crippen LogP contribution is 2.39. The Morgan fingerprint density at radius 3 is 2.40 bits per heavy atom. The van der Waals surface area contributed by atoms with E-state index < -0.39 is 0 Å². The smallest absolute Gasteiger partial charge is 0.141 e. The summed E-state index contributed by atoms with van der Waals surface area (Å²) in [4.78, 5) is 0. The molecule has 84 valence electrons. The van der Waals surface area contributed by atoms with Crippen molar-refractivity contribution in [2.24, 2.45) is 0 Å². The minimum absolute atomic E-state index is 0.326. The molecule has 0 aliphatic heterocycles. The number of hydrogen-bond donors (Lipinski definition) is 2. The average molecular weight is 276 g/mol. The molecule has 0 aliphatic rings. The van der Waals surface area contributed by atoms with Crippen LogP contribution in [0.1, 0.15) is 11.1 Å². The van der Waals surface area contributed by atoms with Crippen molar-refractivity contribution in [2.45, 2.75) is 13.5 Å². The summed E-state index contributed by atoms with van der Waals surface area (Å²) >= 11 is 3.41. The quantitative estimate of drug-likeness (QED) is 0.828. The maximum Gasteiger partial charge on any atom is 0.141 e. The Morgan fingerprint density at radius 1 is 1.33 bits per heavy atom. The molecule has 0 saturated heterocycles. The molecule has 0 aromatic heterocycles. The summed E-state index contributed by atoms with van der Waals surface area (Å²) in [6.45, 7) is 2.26. The number of rotatable bonds is 4. The van der Waals surface area contributed by atoms with E-state index >= 15 is 0 Å². The van der Waals surface area contributed by atoms with Crippen molar-refractivity contribution in [3.05, 3.63) is 21.7 Å². The zero-order chi connectivity index (χ0) is 11.4. The number of hydroxylamine groups is 1. The Hall–Kier alpha value is -0.780. The summed E-state index contributed by atoms with van der Waals surface area (Å²) in [7, 11) is 3.19. The van der Waals surface area contributed by atoms with Crippen molar-refractivity contribution in [1.82, 2.24) is 5.48 Å². The number of aryl methyl sites for hydroxylation is 1. The predicted octanol–water partition coefficient (Wildman–Crippen LogP) is 2.25. The highest BCUT2D eigenvalue weighted by atomic mass is 79.9. The molecule has 1 aromatic rings. The van der Waals surface area contributed by atoms with Crippen LogP contribution in [0.4, 0.5) is 0 Å². The first-order chi connectivity index (χ1) is 7.15. The van der Waals surface area contributed by atoms with E-state index in [1.165, 1.54) is 0 Å². The van der Waals surface area contributed by atoms with E-state index in [1.807, 2.05) is 13.0 Å². The number of hydrogen-bond acceptors (Lipinski definition) is 4. The van der Waals surface area contributed by atoms with Gasteiger partial charge in [0.05, 0.1) is 14.2 Å². The SMILES string of the molecule is COc1c(C)cc(CNO)c(OC)c1Br. The van der Waals surface area contributed by atoms with E-state index in [2.05, 4.69) is 21.4 Å². The second-order valence-electron chi connectivity index (χ2n) is 3.07. The molecule has 15 heavy (non-hydrogen) atoms. The van der Waals surface area contributed by atoms with Crippen molar-refractivity contribution in [3.63, 3.8) is 0 Å². The van der Waals surface area contributed by atoms with Gasteiger partial charge in [0.25, 0.3) is 0 Å². The molecule has 4 nitrogen and oxygen atoms in total. The number of methoxy groups -OCH3 is 2. The Balaban J connectivity index is 3.30. The van der Waals surface area contributed by atoms with E-state index in [-0.39, 0.29) is 0 Å². The lowest BCUT2D eigenvalue weighted by molar-refractivity contribution is 0.160. The minimum atomic E-state index is 0.326. The van der Waals surface area contributed by atoms with Gasteiger partial charge < -0.3 is 14.7 Å². The molecule has 0 saturated carbocycles. The third kappa shape index (κ3) is 2.42. The van der Waals surface area contributed by atoms with Crippen LogP contribution in [0.3, 0.4) is 0 Å². The van der Waals surface area contributed by atoms with Crippen LogP contribution in [0, 0.1) is 6.92 Å². The summed E-state index contributed by atoms with van der Waals surface area (Å²) in [5.74, 6) is 1.41. The number of benzene rings is 1. The van der Waals surface area contributed by atoms with Crippen LogP contribution in [-0.2, 0) is 6.54 Å². The van der Waals surface area contributed by atoms with Gasteiger partial charge in [-0.15, -0.1) is 0 Å². The monoisotopic (exact) mass is 275 g/mol. The highest BCUT2D eigenvalue weighted by Gasteiger charge is 2.15. The molecule has 1 rings (SSSR count). The molecule has 1 aromatic carbocycles. The molecule has 0 unspecified atom stereocenters. The van der Waals surface area contributed by atoms with Crippen LogP contribution in [0.2, 0.25) is 0 Å². The van der Waals surface area contributed by atoms with Gasteiger partial charge in [0.2, 0.25) is 0 Å². The molecule has 0 radical (unpaired) electrons. The van der Waals surface area contributed by atoms with E-state index in [0.717, 1.165) is 21.3 Å². The molecular formula is C10H14BrNO3. The van der Waals surface area contributed by atoms with E-state index in [4.69, 9.17) is 14.7 Å². The van der Waals surface area contributed by atoms with Crippen LogP contribution < -0.4 is 15.0 Å². The Morgan fingerprint density at radius 2 is 1.93 bits per heavy atom. The molecule has 0 amide bonds. The molecule has 0 atom stereocenters. The van der Waals surface area contributed by atoms with Crippen molar-refractivity contribution < 1.29 is 14.7 Å². The lowest BCUT2D eigenvalue weighted by atomic mass is 10.1. The number of nitrogens with one attached hydrogen (secondary N) is 1. The Labute approximate surface area is 97.3 Å². The molecule has 0 fully saturated rings. The summed E-state index contributed by atoms with van der Waals surface area (Å²) in [5.41, 5.74) is 3.96. The maximum absolute atomic E-state index is 8.70. The van der Waals surface area contributed by atoms with Gasteiger partial charge in [-0.25, -0.2) is 5.48 Å². The fraction of sp³-hybridized carbons (Fsp3) is 0.400. The van der Waals surface area contributed by atoms with Crippen LogP contribution in [0.5, 0.6) is 11.5 Å². The average Bonchev–Trinajstić information content (AvgIpc) is 2.19. The molecule has 0 spiro atoms. The fourth-order valence-corrected chi connectivity index (χ4v) is 2.39. The largest absolute Gasteiger partial charge is 0.495 e. The zero-order valence-electron chi connectivity index (χ0n) is 8.93. The lowest BCUT2D eigenvalue weighted by Crippen LogP contribution is -2.08. The van der Waals surface area contributed by atoms with E-state index in [9.17, 15) is 0 Å². The Kier molecular flexibility index (Phi) is 4.38. The van der Waals surface area contributed by atoms with Gasteiger partial charge >= 0.3 is 0 Å². The van der Waals surface area contributed by atoms with Crippen molar-refractivity contribution >= 4 is 15.9 Å². The summed E-state index contributed by atoms with van der Waals surface area (Å²) in [6.07, 6.45) is 0. The number of halogens is 1. The topological polar surface area (TPSA) is 50.7 Å². The third-order valence-electron chi connectivity index (χ3n) is 2.12. The van der Waals surface area contributed by atoms with Gasteiger partial charge in [0.15, 0.2) is 0 Å². The zero-order valence-corrected chi connectivity index (χ0v) is 10.5. The van der Waals surface area contributed by atoms with Crippen LogP contribution >= 0.6 is 15.9 Å².